The molecule has 1 N–H and O–H groups in total. The van der Waals surface area contributed by atoms with Gasteiger partial charge in [-0.05, 0) is 68.3 Å². The van der Waals surface area contributed by atoms with Crippen molar-refractivity contribution in [2.24, 2.45) is 0 Å². The lowest BCUT2D eigenvalue weighted by atomic mass is 9.94. The number of benzene rings is 3. The molecular weight excluding hydrogens is 478 g/mol. The van der Waals surface area contributed by atoms with E-state index in [1.165, 1.54) is 4.90 Å². The monoisotopic (exact) mass is 503 g/mol. The maximum atomic E-state index is 13.3. The number of esters is 1. The summed E-state index contributed by atoms with van der Waals surface area (Å²) in [6.45, 7) is 5.49. The average molecular weight is 504 g/mol. The number of nitrogens with zero attached hydrogens (tertiary/aromatic N) is 1. The molecule has 1 aliphatic heterocycles. The zero-order valence-electron chi connectivity index (χ0n) is 20.2. The largest absolute Gasteiger partial charge is 0.507 e. The van der Waals surface area contributed by atoms with Gasteiger partial charge in [-0.1, -0.05) is 53.6 Å². The van der Waals surface area contributed by atoms with Crippen molar-refractivity contribution in [1.82, 2.24) is 0 Å². The Morgan fingerprint density at radius 3 is 2.31 bits per heavy atom. The van der Waals surface area contributed by atoms with Crippen molar-refractivity contribution in [3.8, 4) is 0 Å². The second-order valence-corrected chi connectivity index (χ2v) is 9.41. The molecule has 0 radical (unpaired) electrons. The smallest absolute Gasteiger partial charge is 0.310 e. The fourth-order valence-electron chi connectivity index (χ4n) is 4.26. The van der Waals surface area contributed by atoms with Crippen molar-refractivity contribution in [1.29, 1.82) is 0 Å². The first-order valence-corrected chi connectivity index (χ1v) is 12.0. The van der Waals surface area contributed by atoms with Gasteiger partial charge in [-0.25, -0.2) is 0 Å². The predicted octanol–water partition coefficient (Wildman–Crippen LogP) is 5.77. The number of ether oxygens (including phenoxy) is 1. The van der Waals surface area contributed by atoms with Crippen LogP contribution in [-0.2, 0) is 25.5 Å². The van der Waals surface area contributed by atoms with Crippen LogP contribution in [0.2, 0.25) is 5.02 Å². The molecule has 1 unspecified atom stereocenters. The van der Waals surface area contributed by atoms with Crippen molar-refractivity contribution < 1.29 is 24.2 Å². The second kappa shape index (κ2) is 10.4. The molecule has 1 aliphatic rings. The molecule has 1 fully saturated rings. The first kappa shape index (κ1) is 25.2. The highest BCUT2D eigenvalue weighted by molar-refractivity contribution is 6.51. The van der Waals surface area contributed by atoms with Gasteiger partial charge in [-0.3, -0.25) is 19.3 Å². The number of carbonyl (C=O) groups is 3. The molecule has 7 heteroatoms. The van der Waals surface area contributed by atoms with Crippen molar-refractivity contribution in [2.45, 2.75) is 39.3 Å². The van der Waals surface area contributed by atoms with Crippen LogP contribution >= 0.6 is 11.6 Å². The third-order valence-electron chi connectivity index (χ3n) is 5.85. The Bertz CT molecular complexity index is 1340. The van der Waals surface area contributed by atoms with E-state index in [1.807, 2.05) is 31.2 Å². The maximum Gasteiger partial charge on any atom is 0.310 e. The summed E-state index contributed by atoms with van der Waals surface area (Å²) in [5.41, 5.74) is 3.21. The summed E-state index contributed by atoms with van der Waals surface area (Å²) in [7, 11) is 0. The van der Waals surface area contributed by atoms with Gasteiger partial charge in [0.2, 0.25) is 0 Å². The molecule has 3 aromatic carbocycles. The molecule has 0 aliphatic carbocycles. The van der Waals surface area contributed by atoms with Crippen LogP contribution in [0.1, 0.15) is 42.1 Å². The third kappa shape index (κ3) is 5.19. The van der Waals surface area contributed by atoms with E-state index >= 15 is 0 Å². The predicted molar refractivity (Wildman–Crippen MR) is 139 cm³/mol. The van der Waals surface area contributed by atoms with Gasteiger partial charge in [0.05, 0.1) is 24.1 Å². The lowest BCUT2D eigenvalue weighted by molar-refractivity contribution is -0.146. The molecule has 1 amide bonds. The van der Waals surface area contributed by atoms with Gasteiger partial charge in [0.25, 0.3) is 11.7 Å². The van der Waals surface area contributed by atoms with E-state index in [0.717, 1.165) is 5.56 Å². The molecule has 1 saturated heterocycles. The summed E-state index contributed by atoms with van der Waals surface area (Å²) >= 11 is 5.99. The number of anilines is 1. The zero-order chi connectivity index (χ0) is 26.0. The van der Waals surface area contributed by atoms with Crippen LogP contribution < -0.4 is 4.90 Å². The fraction of sp³-hybridized carbons (Fsp3) is 0.207. The van der Waals surface area contributed by atoms with Gasteiger partial charge in [-0.2, -0.15) is 0 Å². The van der Waals surface area contributed by atoms with Crippen LogP contribution in [0, 0.1) is 6.92 Å². The van der Waals surface area contributed by atoms with Crippen molar-refractivity contribution in [2.75, 3.05) is 4.90 Å². The summed E-state index contributed by atoms with van der Waals surface area (Å²) in [6, 6.07) is 19.9. The second-order valence-electron chi connectivity index (χ2n) is 8.97. The van der Waals surface area contributed by atoms with Gasteiger partial charge in [0.15, 0.2) is 0 Å². The number of aliphatic hydroxyl groups excluding tert-OH is 1. The van der Waals surface area contributed by atoms with Gasteiger partial charge in [0.1, 0.15) is 5.76 Å². The lowest BCUT2D eigenvalue weighted by Gasteiger charge is -2.26. The topological polar surface area (TPSA) is 83.9 Å². The normalized spacial score (nSPS) is 17.0. The number of Topliss-reactive ketones (excluding diaryl/α,β-unsaturated/α-hetero) is 1. The van der Waals surface area contributed by atoms with E-state index < -0.39 is 17.7 Å². The molecule has 3 aromatic rings. The maximum absolute atomic E-state index is 13.3. The van der Waals surface area contributed by atoms with Crippen LogP contribution in [0.15, 0.2) is 78.4 Å². The van der Waals surface area contributed by atoms with E-state index in [2.05, 4.69) is 0 Å². The van der Waals surface area contributed by atoms with Gasteiger partial charge in [-0.15, -0.1) is 0 Å². The highest BCUT2D eigenvalue weighted by Gasteiger charge is 2.47. The van der Waals surface area contributed by atoms with Crippen LogP contribution in [-0.4, -0.2) is 28.9 Å². The standard InChI is InChI=1S/C29H26ClNO5/c1-17(2)36-24(32)16-19-7-13-23(14-8-19)31-26(21-6-4-5-18(3)15-21)25(28(34)29(31)35)27(33)20-9-11-22(30)12-10-20/h4-15,17,26,33H,16H2,1-3H3/b27-25-. The van der Waals surface area contributed by atoms with Crippen molar-refractivity contribution in [3.05, 3.63) is 106 Å². The number of halogens is 1. The Morgan fingerprint density at radius 2 is 1.69 bits per heavy atom. The van der Waals surface area contributed by atoms with E-state index in [-0.39, 0.29) is 29.8 Å². The molecule has 0 spiro atoms. The quantitative estimate of drug-likeness (QED) is 0.200. The van der Waals surface area contributed by atoms with E-state index in [1.54, 1.807) is 62.4 Å². The summed E-state index contributed by atoms with van der Waals surface area (Å²) in [5.74, 6) is -2.14. The van der Waals surface area contributed by atoms with Crippen molar-refractivity contribution in [3.63, 3.8) is 0 Å². The minimum absolute atomic E-state index is 0.00231. The fourth-order valence-corrected chi connectivity index (χ4v) is 4.39. The number of rotatable bonds is 6. The number of hydrogen-bond donors (Lipinski definition) is 1. The molecule has 4 rings (SSSR count). The Balaban J connectivity index is 1.78. The van der Waals surface area contributed by atoms with Crippen molar-refractivity contribution >= 4 is 40.7 Å². The van der Waals surface area contributed by atoms with E-state index in [9.17, 15) is 19.5 Å². The minimum atomic E-state index is -0.836. The highest BCUT2D eigenvalue weighted by atomic mass is 35.5. The third-order valence-corrected chi connectivity index (χ3v) is 6.10. The number of hydrogen-bond acceptors (Lipinski definition) is 5. The summed E-state index contributed by atoms with van der Waals surface area (Å²) in [5, 5.41) is 11.7. The number of aryl methyl sites for hydroxylation is 1. The molecule has 0 bridgehead atoms. The van der Waals surface area contributed by atoms with Crippen LogP contribution in [0.25, 0.3) is 5.76 Å². The molecular formula is C29H26ClNO5. The van der Waals surface area contributed by atoms with Gasteiger partial charge < -0.3 is 9.84 Å². The first-order chi connectivity index (χ1) is 17.2. The van der Waals surface area contributed by atoms with Gasteiger partial charge >= 0.3 is 5.97 Å². The van der Waals surface area contributed by atoms with Crippen LogP contribution in [0.5, 0.6) is 0 Å². The van der Waals surface area contributed by atoms with Crippen LogP contribution in [0.3, 0.4) is 0 Å². The molecule has 1 atom stereocenters. The highest BCUT2D eigenvalue weighted by Crippen LogP contribution is 2.42. The molecule has 0 aromatic heterocycles. The number of aliphatic hydroxyl groups is 1. The Hall–Kier alpha value is -3.90. The summed E-state index contributed by atoms with van der Waals surface area (Å²) in [4.78, 5) is 40.0. The summed E-state index contributed by atoms with van der Waals surface area (Å²) < 4.78 is 5.20. The SMILES string of the molecule is Cc1cccc(C2/C(=C(/O)c3ccc(Cl)cc3)C(=O)C(=O)N2c2ccc(CC(=O)OC(C)C)cc2)c1. The molecule has 36 heavy (non-hydrogen) atoms. The number of carbonyl (C=O) groups excluding carboxylic acids is 3. The van der Waals surface area contributed by atoms with E-state index in [4.69, 9.17) is 16.3 Å². The Labute approximate surface area is 214 Å². The number of ketones is 1. The molecule has 184 valence electrons. The molecule has 0 saturated carbocycles. The minimum Gasteiger partial charge on any atom is -0.507 e. The van der Waals surface area contributed by atoms with Crippen LogP contribution in [0.4, 0.5) is 5.69 Å². The average Bonchev–Trinajstić information content (AvgIpc) is 3.09. The van der Waals surface area contributed by atoms with E-state index in [0.29, 0.717) is 27.4 Å². The zero-order valence-corrected chi connectivity index (χ0v) is 21.0. The lowest BCUT2D eigenvalue weighted by Crippen LogP contribution is -2.29. The Morgan fingerprint density at radius 1 is 1.03 bits per heavy atom. The Kier molecular flexibility index (Phi) is 7.27. The molecule has 1 heterocycles. The van der Waals surface area contributed by atoms with Gasteiger partial charge in [0, 0.05) is 16.3 Å². The first-order valence-electron chi connectivity index (χ1n) is 11.6. The molecule has 6 nitrogen and oxygen atoms in total. The number of amides is 1. The summed E-state index contributed by atoms with van der Waals surface area (Å²) in [6.07, 6.45) is -0.117.